The number of aromatic nitrogens is 3. The number of aliphatic imine (C=N–C) groups is 1. The maximum Gasteiger partial charge on any atom is 0.191 e. The fraction of sp³-hybridized carbons (Fsp3) is 0.824. The molecule has 2 rings (SSSR count). The lowest BCUT2D eigenvalue weighted by molar-refractivity contribution is 0.253. The minimum absolute atomic E-state index is 0. The summed E-state index contributed by atoms with van der Waals surface area (Å²) >= 11 is 0. The summed E-state index contributed by atoms with van der Waals surface area (Å²) in [6, 6.07) is 0.318. The van der Waals surface area contributed by atoms with E-state index in [1.54, 1.807) is 0 Å². The third-order valence-electron chi connectivity index (χ3n) is 4.39. The number of aryl methyl sites for hydroxylation is 2. The van der Waals surface area contributed by atoms with Gasteiger partial charge in [-0.05, 0) is 39.0 Å². The van der Waals surface area contributed by atoms with Crippen LogP contribution in [0.2, 0.25) is 0 Å². The largest absolute Gasteiger partial charge is 0.396 e. The number of fused-ring (bicyclic) bond motifs is 1. The molecule has 1 aromatic heterocycles. The lowest BCUT2D eigenvalue weighted by atomic mass is 10.0. The van der Waals surface area contributed by atoms with E-state index in [1.165, 1.54) is 0 Å². The molecule has 1 aliphatic rings. The highest BCUT2D eigenvalue weighted by molar-refractivity contribution is 14.0. The normalized spacial score (nSPS) is 18.2. The van der Waals surface area contributed by atoms with Gasteiger partial charge in [-0.3, -0.25) is 4.99 Å². The molecule has 2 unspecified atom stereocenters. The molecule has 144 valence electrons. The van der Waals surface area contributed by atoms with Crippen LogP contribution in [0.4, 0.5) is 0 Å². The molecule has 0 fully saturated rings. The van der Waals surface area contributed by atoms with E-state index in [4.69, 9.17) is 4.99 Å². The quantitative estimate of drug-likeness (QED) is 0.311. The topological polar surface area (TPSA) is 87.4 Å². The molecule has 2 atom stereocenters. The lowest BCUT2D eigenvalue weighted by Crippen LogP contribution is -2.47. The number of rotatable bonds is 8. The number of hydrogen-bond donors (Lipinski definition) is 3. The number of nitrogens with zero attached hydrogens (tertiary/aromatic N) is 4. The van der Waals surface area contributed by atoms with Crippen molar-refractivity contribution in [2.24, 2.45) is 10.9 Å². The second-order valence-corrected chi connectivity index (χ2v) is 6.52. The molecule has 0 radical (unpaired) electrons. The van der Waals surface area contributed by atoms with Crippen LogP contribution in [0.5, 0.6) is 0 Å². The van der Waals surface area contributed by atoms with E-state index in [0.717, 1.165) is 69.3 Å². The SMILES string of the molecule is CCCC(CCO)CN=C(NCC)NC1CCc2nc(C)nn2C1.I. The average molecular weight is 464 g/mol. The van der Waals surface area contributed by atoms with Gasteiger partial charge < -0.3 is 15.7 Å². The van der Waals surface area contributed by atoms with Crippen molar-refractivity contribution in [3.8, 4) is 0 Å². The number of hydrogen-bond acceptors (Lipinski definition) is 4. The van der Waals surface area contributed by atoms with Crippen LogP contribution >= 0.6 is 24.0 Å². The number of aliphatic hydroxyl groups is 1. The second-order valence-electron chi connectivity index (χ2n) is 6.52. The van der Waals surface area contributed by atoms with Crippen LogP contribution < -0.4 is 10.6 Å². The molecular weight excluding hydrogens is 431 g/mol. The van der Waals surface area contributed by atoms with Crippen LogP contribution in [0, 0.1) is 12.8 Å². The van der Waals surface area contributed by atoms with Gasteiger partial charge in [-0.1, -0.05) is 13.3 Å². The number of aliphatic hydroxyl groups excluding tert-OH is 1. The van der Waals surface area contributed by atoms with Crippen molar-refractivity contribution in [1.29, 1.82) is 0 Å². The van der Waals surface area contributed by atoms with Crippen molar-refractivity contribution in [1.82, 2.24) is 25.4 Å². The van der Waals surface area contributed by atoms with Crippen LogP contribution in [0.3, 0.4) is 0 Å². The Morgan fingerprint density at radius 2 is 2.20 bits per heavy atom. The molecule has 0 aromatic carbocycles. The molecule has 3 N–H and O–H groups in total. The van der Waals surface area contributed by atoms with E-state index in [1.807, 2.05) is 11.6 Å². The monoisotopic (exact) mass is 464 g/mol. The van der Waals surface area contributed by atoms with Crippen LogP contribution in [0.15, 0.2) is 4.99 Å². The van der Waals surface area contributed by atoms with Crippen LogP contribution in [-0.4, -0.2) is 51.6 Å². The second kappa shape index (κ2) is 11.7. The fourth-order valence-corrected chi connectivity index (χ4v) is 3.20. The van der Waals surface area contributed by atoms with E-state index >= 15 is 0 Å². The van der Waals surface area contributed by atoms with Crippen molar-refractivity contribution in [3.05, 3.63) is 11.6 Å². The Kier molecular flexibility index (Phi) is 10.3. The van der Waals surface area contributed by atoms with Gasteiger partial charge in [0, 0.05) is 32.2 Å². The first-order valence-corrected chi connectivity index (χ1v) is 9.22. The van der Waals surface area contributed by atoms with Gasteiger partial charge in [-0.25, -0.2) is 9.67 Å². The summed E-state index contributed by atoms with van der Waals surface area (Å²) in [5.41, 5.74) is 0. The first-order chi connectivity index (χ1) is 11.7. The summed E-state index contributed by atoms with van der Waals surface area (Å²) in [6.07, 6.45) is 5.04. The third-order valence-corrected chi connectivity index (χ3v) is 4.39. The minimum atomic E-state index is 0. The predicted octanol–water partition coefficient (Wildman–Crippen LogP) is 1.87. The molecule has 0 saturated heterocycles. The minimum Gasteiger partial charge on any atom is -0.396 e. The highest BCUT2D eigenvalue weighted by Crippen LogP contribution is 2.13. The standard InChI is InChI=1S/C17H32N6O.HI/c1-4-6-14(9-10-24)11-19-17(18-5-2)21-15-7-8-16-20-13(3)22-23(16)12-15;/h14-15,24H,4-12H2,1-3H3,(H2,18,19,21);1H. The van der Waals surface area contributed by atoms with Gasteiger partial charge in [0.05, 0.1) is 6.54 Å². The molecule has 1 aliphatic heterocycles. The Balaban J connectivity index is 0.00000312. The smallest absolute Gasteiger partial charge is 0.191 e. The Bertz CT molecular complexity index is 527. The van der Waals surface area contributed by atoms with Gasteiger partial charge in [-0.2, -0.15) is 5.10 Å². The van der Waals surface area contributed by atoms with E-state index in [-0.39, 0.29) is 30.6 Å². The van der Waals surface area contributed by atoms with Crippen LogP contribution in [-0.2, 0) is 13.0 Å². The van der Waals surface area contributed by atoms with E-state index < -0.39 is 0 Å². The van der Waals surface area contributed by atoms with E-state index in [0.29, 0.717) is 12.0 Å². The van der Waals surface area contributed by atoms with E-state index in [9.17, 15) is 5.11 Å². The van der Waals surface area contributed by atoms with Crippen molar-refractivity contribution >= 4 is 29.9 Å². The zero-order chi connectivity index (χ0) is 17.4. The number of nitrogens with one attached hydrogen (secondary N) is 2. The number of guanidine groups is 1. The van der Waals surface area contributed by atoms with E-state index in [2.05, 4.69) is 34.6 Å². The van der Waals surface area contributed by atoms with Gasteiger partial charge in [-0.15, -0.1) is 24.0 Å². The summed E-state index contributed by atoms with van der Waals surface area (Å²) in [6.45, 7) is 8.85. The zero-order valence-corrected chi connectivity index (χ0v) is 18.0. The molecule has 0 spiro atoms. The van der Waals surface area contributed by atoms with Crippen molar-refractivity contribution in [3.63, 3.8) is 0 Å². The van der Waals surface area contributed by atoms with Crippen molar-refractivity contribution in [2.45, 2.75) is 65.5 Å². The molecule has 0 bridgehead atoms. The molecular formula is C17H33IN6O. The summed E-state index contributed by atoms with van der Waals surface area (Å²) in [7, 11) is 0. The molecule has 0 aliphatic carbocycles. The molecule has 25 heavy (non-hydrogen) atoms. The van der Waals surface area contributed by atoms with Crippen molar-refractivity contribution < 1.29 is 5.11 Å². The highest BCUT2D eigenvalue weighted by atomic mass is 127. The Morgan fingerprint density at radius 3 is 2.88 bits per heavy atom. The molecule has 0 saturated carbocycles. The fourth-order valence-electron chi connectivity index (χ4n) is 3.20. The summed E-state index contributed by atoms with van der Waals surface area (Å²) in [4.78, 5) is 9.20. The zero-order valence-electron chi connectivity index (χ0n) is 15.7. The van der Waals surface area contributed by atoms with Gasteiger partial charge in [0.1, 0.15) is 11.6 Å². The first-order valence-electron chi connectivity index (χ1n) is 9.22. The van der Waals surface area contributed by atoms with Gasteiger partial charge in [0.25, 0.3) is 0 Å². The molecule has 2 heterocycles. The maximum atomic E-state index is 9.19. The summed E-state index contributed by atoms with van der Waals surface area (Å²) in [5.74, 6) is 3.24. The molecule has 0 amide bonds. The van der Waals surface area contributed by atoms with Gasteiger partial charge in [0.2, 0.25) is 0 Å². The Labute approximate surface area is 168 Å². The van der Waals surface area contributed by atoms with Crippen LogP contribution in [0.1, 0.15) is 51.2 Å². The summed E-state index contributed by atoms with van der Waals surface area (Å²) in [5, 5.41) is 20.5. The lowest BCUT2D eigenvalue weighted by Gasteiger charge is -2.25. The van der Waals surface area contributed by atoms with Gasteiger partial charge >= 0.3 is 0 Å². The average Bonchev–Trinajstić information content (AvgIpc) is 2.92. The molecule has 1 aromatic rings. The first kappa shape index (κ1) is 22.1. The third kappa shape index (κ3) is 7.08. The number of halogens is 1. The van der Waals surface area contributed by atoms with Crippen molar-refractivity contribution in [2.75, 3.05) is 19.7 Å². The highest BCUT2D eigenvalue weighted by Gasteiger charge is 2.21. The Morgan fingerprint density at radius 1 is 1.40 bits per heavy atom. The molecule has 7 nitrogen and oxygen atoms in total. The Hall–Kier alpha value is -0.900. The molecule has 8 heteroatoms. The predicted molar refractivity (Wildman–Crippen MR) is 111 cm³/mol. The van der Waals surface area contributed by atoms with Crippen LogP contribution in [0.25, 0.3) is 0 Å². The maximum absolute atomic E-state index is 9.19. The van der Waals surface area contributed by atoms with Gasteiger partial charge in [0.15, 0.2) is 5.96 Å². The summed E-state index contributed by atoms with van der Waals surface area (Å²) < 4.78 is 2.01.